The van der Waals surface area contributed by atoms with Crippen molar-refractivity contribution >= 4 is 0 Å². The summed E-state index contributed by atoms with van der Waals surface area (Å²) in [7, 11) is 0. The van der Waals surface area contributed by atoms with E-state index in [1.54, 1.807) is 0 Å². The second-order valence-corrected chi connectivity index (χ2v) is 6.61. The number of hydrogen-bond donors (Lipinski definition) is 0. The molecule has 2 saturated carbocycles. The van der Waals surface area contributed by atoms with Gasteiger partial charge in [-0.2, -0.15) is 0 Å². The molecule has 18 heavy (non-hydrogen) atoms. The lowest BCUT2D eigenvalue weighted by atomic mass is 9.69. The summed E-state index contributed by atoms with van der Waals surface area (Å²) in [6.07, 6.45) is 20.8. The first-order valence-electron chi connectivity index (χ1n) is 8.09. The molecule has 0 bridgehead atoms. The highest BCUT2D eigenvalue weighted by Gasteiger charge is 2.29. The van der Waals surface area contributed by atoms with E-state index >= 15 is 0 Å². The molecule has 0 saturated heterocycles. The molecule has 0 aliphatic heterocycles. The Bertz CT molecular complexity index is 270. The van der Waals surface area contributed by atoms with Crippen LogP contribution in [0.15, 0.2) is 24.3 Å². The third-order valence-electron chi connectivity index (χ3n) is 5.23. The zero-order valence-electron chi connectivity index (χ0n) is 12.3. The van der Waals surface area contributed by atoms with Crippen LogP contribution in [-0.2, 0) is 0 Å². The Labute approximate surface area is 114 Å². The molecule has 0 N–H and O–H groups in total. The van der Waals surface area contributed by atoms with Gasteiger partial charge in [-0.25, -0.2) is 0 Å². The summed E-state index contributed by atoms with van der Waals surface area (Å²) in [6.45, 7) is 4.52. The molecule has 0 heteroatoms. The normalized spacial score (nSPS) is 38.6. The molecule has 0 radical (unpaired) electrons. The van der Waals surface area contributed by atoms with Gasteiger partial charge >= 0.3 is 0 Å². The van der Waals surface area contributed by atoms with Gasteiger partial charge in [-0.05, 0) is 69.1 Å². The minimum Gasteiger partial charge on any atom is -0.0877 e. The highest BCUT2D eigenvalue weighted by Crippen LogP contribution is 2.41. The molecule has 0 atom stereocenters. The third-order valence-corrected chi connectivity index (χ3v) is 5.23. The van der Waals surface area contributed by atoms with Gasteiger partial charge in [0.1, 0.15) is 0 Å². The summed E-state index contributed by atoms with van der Waals surface area (Å²) in [5.74, 6) is 3.99. The van der Waals surface area contributed by atoms with E-state index in [2.05, 4.69) is 38.2 Å². The quantitative estimate of drug-likeness (QED) is 0.556. The van der Waals surface area contributed by atoms with Crippen LogP contribution in [0, 0.1) is 23.7 Å². The maximum absolute atomic E-state index is 2.43. The molecule has 0 spiro atoms. The minimum absolute atomic E-state index is 0.861. The molecular weight excluding hydrogens is 216 g/mol. The molecule has 102 valence electrons. The molecule has 0 aromatic carbocycles. The van der Waals surface area contributed by atoms with Crippen LogP contribution in [0.3, 0.4) is 0 Å². The van der Waals surface area contributed by atoms with E-state index in [9.17, 15) is 0 Å². The van der Waals surface area contributed by atoms with Crippen molar-refractivity contribution in [2.75, 3.05) is 0 Å². The van der Waals surface area contributed by atoms with Gasteiger partial charge in [-0.15, -0.1) is 0 Å². The SMILES string of the molecule is CC=CC=CC1CCC(C2CCC(C)CC2)CC1. The van der Waals surface area contributed by atoms with E-state index in [1.807, 2.05) is 0 Å². The van der Waals surface area contributed by atoms with E-state index in [-0.39, 0.29) is 0 Å². The van der Waals surface area contributed by atoms with Crippen molar-refractivity contribution in [2.45, 2.75) is 65.2 Å². The predicted octanol–water partition coefficient (Wildman–Crippen LogP) is 5.75. The average molecular weight is 246 g/mol. The first-order valence-corrected chi connectivity index (χ1v) is 8.09. The lowest BCUT2D eigenvalue weighted by molar-refractivity contribution is 0.160. The first-order chi connectivity index (χ1) is 8.79. The van der Waals surface area contributed by atoms with Gasteiger partial charge in [0, 0.05) is 0 Å². The number of rotatable bonds is 3. The minimum atomic E-state index is 0.861. The summed E-state index contributed by atoms with van der Waals surface area (Å²) in [4.78, 5) is 0. The summed E-state index contributed by atoms with van der Waals surface area (Å²) in [5, 5.41) is 0. The van der Waals surface area contributed by atoms with E-state index in [0.717, 1.165) is 23.7 Å². The Balaban J connectivity index is 1.73. The van der Waals surface area contributed by atoms with Crippen LogP contribution >= 0.6 is 0 Å². The van der Waals surface area contributed by atoms with Crippen molar-refractivity contribution in [1.82, 2.24) is 0 Å². The Morgan fingerprint density at radius 2 is 1.28 bits per heavy atom. The molecule has 0 unspecified atom stereocenters. The van der Waals surface area contributed by atoms with Crippen LogP contribution in [0.1, 0.15) is 65.2 Å². The fourth-order valence-electron chi connectivity index (χ4n) is 3.90. The third kappa shape index (κ3) is 4.00. The zero-order chi connectivity index (χ0) is 12.8. The average Bonchev–Trinajstić information content (AvgIpc) is 2.41. The van der Waals surface area contributed by atoms with Gasteiger partial charge in [-0.3, -0.25) is 0 Å². The molecule has 0 nitrogen and oxygen atoms in total. The van der Waals surface area contributed by atoms with Crippen LogP contribution in [-0.4, -0.2) is 0 Å². The molecule has 2 aliphatic rings. The standard InChI is InChI=1S/C18H30/c1-3-4-5-6-16-9-13-18(14-10-16)17-11-7-15(2)8-12-17/h3-6,15-18H,7-14H2,1-2H3. The maximum atomic E-state index is 2.43. The van der Waals surface area contributed by atoms with E-state index in [4.69, 9.17) is 0 Å². The van der Waals surface area contributed by atoms with Crippen molar-refractivity contribution in [2.24, 2.45) is 23.7 Å². The summed E-state index contributed by atoms with van der Waals surface area (Å²) >= 11 is 0. The van der Waals surface area contributed by atoms with E-state index in [0.29, 0.717) is 0 Å². The van der Waals surface area contributed by atoms with Crippen LogP contribution in [0.25, 0.3) is 0 Å². The molecule has 2 fully saturated rings. The fraction of sp³-hybridized carbons (Fsp3) is 0.778. The van der Waals surface area contributed by atoms with Crippen LogP contribution in [0.5, 0.6) is 0 Å². The second-order valence-electron chi connectivity index (χ2n) is 6.61. The van der Waals surface area contributed by atoms with Crippen molar-refractivity contribution < 1.29 is 0 Å². The summed E-state index contributed by atoms with van der Waals surface area (Å²) in [6, 6.07) is 0. The van der Waals surface area contributed by atoms with Crippen molar-refractivity contribution in [3.63, 3.8) is 0 Å². The van der Waals surface area contributed by atoms with Gasteiger partial charge in [-0.1, -0.05) is 44.1 Å². The molecule has 2 aliphatic carbocycles. The number of hydrogen-bond acceptors (Lipinski definition) is 0. The predicted molar refractivity (Wildman–Crippen MR) is 80.5 cm³/mol. The largest absolute Gasteiger partial charge is 0.0877 e. The van der Waals surface area contributed by atoms with Crippen LogP contribution in [0.2, 0.25) is 0 Å². The molecule has 2 rings (SSSR count). The highest BCUT2D eigenvalue weighted by molar-refractivity contribution is 5.04. The second kappa shape index (κ2) is 7.16. The Morgan fingerprint density at radius 1 is 0.722 bits per heavy atom. The summed E-state index contributed by atoms with van der Waals surface area (Å²) < 4.78 is 0. The smallest absolute Gasteiger partial charge is 0.0230 e. The van der Waals surface area contributed by atoms with E-state index < -0.39 is 0 Å². The van der Waals surface area contributed by atoms with Crippen molar-refractivity contribution in [1.29, 1.82) is 0 Å². The first kappa shape index (κ1) is 13.9. The van der Waals surface area contributed by atoms with Gasteiger partial charge < -0.3 is 0 Å². The van der Waals surface area contributed by atoms with E-state index in [1.165, 1.54) is 51.4 Å². The van der Waals surface area contributed by atoms with Gasteiger partial charge in [0.15, 0.2) is 0 Å². The lowest BCUT2D eigenvalue weighted by Crippen LogP contribution is -2.24. The molecule has 0 heterocycles. The summed E-state index contributed by atoms with van der Waals surface area (Å²) in [5.41, 5.74) is 0. The Morgan fingerprint density at radius 3 is 1.83 bits per heavy atom. The Hall–Kier alpha value is -0.520. The number of allylic oxidation sites excluding steroid dienone is 4. The molecular formula is C18H30. The van der Waals surface area contributed by atoms with Crippen LogP contribution < -0.4 is 0 Å². The molecule has 0 amide bonds. The van der Waals surface area contributed by atoms with Crippen LogP contribution in [0.4, 0.5) is 0 Å². The molecule has 0 aromatic rings. The monoisotopic (exact) mass is 246 g/mol. The Kier molecular flexibility index (Phi) is 5.53. The van der Waals surface area contributed by atoms with Gasteiger partial charge in [0.2, 0.25) is 0 Å². The highest BCUT2D eigenvalue weighted by atomic mass is 14.3. The van der Waals surface area contributed by atoms with Gasteiger partial charge in [0.05, 0.1) is 0 Å². The van der Waals surface area contributed by atoms with Gasteiger partial charge in [0.25, 0.3) is 0 Å². The lowest BCUT2D eigenvalue weighted by Gasteiger charge is -2.36. The maximum Gasteiger partial charge on any atom is -0.0230 e. The molecule has 0 aromatic heterocycles. The topological polar surface area (TPSA) is 0 Å². The van der Waals surface area contributed by atoms with Crippen molar-refractivity contribution in [3.05, 3.63) is 24.3 Å². The fourth-order valence-corrected chi connectivity index (χ4v) is 3.90. The zero-order valence-corrected chi connectivity index (χ0v) is 12.3. The van der Waals surface area contributed by atoms with Crippen molar-refractivity contribution in [3.8, 4) is 0 Å².